The van der Waals surface area contributed by atoms with Gasteiger partial charge in [-0.25, -0.2) is 4.39 Å². The van der Waals surface area contributed by atoms with E-state index in [2.05, 4.69) is 5.32 Å². The molecular weight excluding hydrogens is 359 g/mol. The third kappa shape index (κ3) is 2.72. The molecule has 0 unspecified atom stereocenters. The first-order valence-electron chi connectivity index (χ1n) is 8.29. The SMILES string of the molecule is COC(=O)[C@]1(CCSC)N[C@@H](c2ccc(F)cc2)[C@H]2C(=O)N(C)C(=O)[C@@H]21. The highest BCUT2D eigenvalue weighted by Gasteiger charge is 2.67. The lowest BCUT2D eigenvalue weighted by molar-refractivity contribution is -0.154. The fourth-order valence-corrected chi connectivity index (χ4v) is 4.59. The zero-order valence-corrected chi connectivity index (χ0v) is 15.6. The lowest BCUT2D eigenvalue weighted by Crippen LogP contribution is -2.56. The molecule has 2 heterocycles. The first kappa shape index (κ1) is 18.8. The summed E-state index contributed by atoms with van der Waals surface area (Å²) in [6.45, 7) is 0. The van der Waals surface area contributed by atoms with Crippen LogP contribution in [-0.4, -0.2) is 54.4 Å². The number of nitrogens with zero attached hydrogens (tertiary/aromatic N) is 1. The van der Waals surface area contributed by atoms with Gasteiger partial charge in [-0.3, -0.25) is 24.6 Å². The van der Waals surface area contributed by atoms with Crippen molar-refractivity contribution in [3.05, 3.63) is 35.6 Å². The number of halogens is 1. The molecule has 2 saturated heterocycles. The van der Waals surface area contributed by atoms with Crippen LogP contribution < -0.4 is 5.32 Å². The first-order chi connectivity index (χ1) is 12.4. The second kappa shape index (κ2) is 7.00. The summed E-state index contributed by atoms with van der Waals surface area (Å²) in [6.07, 6.45) is 2.26. The smallest absolute Gasteiger partial charge is 0.326 e. The number of thioether (sulfide) groups is 1. The van der Waals surface area contributed by atoms with Crippen molar-refractivity contribution >= 4 is 29.5 Å². The highest BCUT2D eigenvalue weighted by Crippen LogP contribution is 2.50. The van der Waals surface area contributed by atoms with Crippen molar-refractivity contribution in [3.63, 3.8) is 0 Å². The van der Waals surface area contributed by atoms with Crippen LogP contribution in [0.1, 0.15) is 18.0 Å². The van der Waals surface area contributed by atoms with E-state index in [1.54, 1.807) is 23.9 Å². The molecule has 0 spiro atoms. The molecule has 1 aromatic carbocycles. The quantitative estimate of drug-likeness (QED) is 0.614. The van der Waals surface area contributed by atoms with Gasteiger partial charge in [0, 0.05) is 13.1 Å². The minimum Gasteiger partial charge on any atom is -0.468 e. The number of esters is 1. The zero-order valence-electron chi connectivity index (χ0n) is 14.8. The summed E-state index contributed by atoms with van der Waals surface area (Å²) in [4.78, 5) is 39.4. The number of likely N-dealkylation sites (tertiary alicyclic amines) is 1. The third-order valence-corrected chi connectivity index (χ3v) is 5.97. The highest BCUT2D eigenvalue weighted by atomic mass is 32.2. The van der Waals surface area contributed by atoms with E-state index in [-0.39, 0.29) is 11.8 Å². The van der Waals surface area contributed by atoms with Crippen LogP contribution >= 0.6 is 11.8 Å². The van der Waals surface area contributed by atoms with Crippen LogP contribution in [0.15, 0.2) is 24.3 Å². The van der Waals surface area contributed by atoms with Crippen LogP contribution in [-0.2, 0) is 19.1 Å². The van der Waals surface area contributed by atoms with E-state index in [0.717, 1.165) is 4.90 Å². The molecule has 26 heavy (non-hydrogen) atoms. The van der Waals surface area contributed by atoms with E-state index in [4.69, 9.17) is 4.74 Å². The number of carbonyl (C=O) groups excluding carboxylic acids is 3. The summed E-state index contributed by atoms with van der Waals surface area (Å²) in [5.74, 6) is -2.61. The second-order valence-electron chi connectivity index (χ2n) is 6.62. The number of amides is 2. The Morgan fingerprint density at radius 1 is 1.31 bits per heavy atom. The molecule has 0 aromatic heterocycles. The summed E-state index contributed by atoms with van der Waals surface area (Å²) in [5.41, 5.74) is -0.619. The molecule has 1 aromatic rings. The van der Waals surface area contributed by atoms with Crippen LogP contribution in [0.4, 0.5) is 4.39 Å². The van der Waals surface area contributed by atoms with Crippen LogP contribution in [0, 0.1) is 17.7 Å². The van der Waals surface area contributed by atoms with E-state index in [9.17, 15) is 18.8 Å². The Bertz CT molecular complexity index is 741. The van der Waals surface area contributed by atoms with Gasteiger partial charge < -0.3 is 4.74 Å². The molecule has 2 amide bonds. The molecule has 2 fully saturated rings. The Kier molecular flexibility index (Phi) is 5.07. The topological polar surface area (TPSA) is 75.7 Å². The number of ether oxygens (including phenoxy) is 1. The van der Waals surface area contributed by atoms with Gasteiger partial charge in [0.1, 0.15) is 11.4 Å². The van der Waals surface area contributed by atoms with E-state index in [1.807, 2.05) is 6.26 Å². The van der Waals surface area contributed by atoms with Gasteiger partial charge in [0.2, 0.25) is 11.8 Å². The van der Waals surface area contributed by atoms with Crippen LogP contribution in [0.5, 0.6) is 0 Å². The largest absolute Gasteiger partial charge is 0.468 e. The second-order valence-corrected chi connectivity index (χ2v) is 7.60. The Balaban J connectivity index is 2.11. The molecule has 6 nitrogen and oxygen atoms in total. The number of nitrogens with one attached hydrogen (secondary N) is 1. The minimum absolute atomic E-state index is 0.336. The maximum atomic E-state index is 13.3. The molecule has 0 radical (unpaired) electrons. The Morgan fingerprint density at radius 2 is 1.96 bits per heavy atom. The summed E-state index contributed by atoms with van der Waals surface area (Å²) >= 11 is 1.54. The predicted octanol–water partition coefficient (Wildman–Crippen LogP) is 1.37. The number of methoxy groups -OCH3 is 1. The van der Waals surface area contributed by atoms with Gasteiger partial charge in [-0.15, -0.1) is 0 Å². The van der Waals surface area contributed by atoms with E-state index in [1.165, 1.54) is 26.3 Å². The molecule has 0 saturated carbocycles. The predicted molar refractivity (Wildman–Crippen MR) is 94.8 cm³/mol. The first-order valence-corrected chi connectivity index (χ1v) is 9.68. The van der Waals surface area contributed by atoms with E-state index < -0.39 is 35.2 Å². The van der Waals surface area contributed by atoms with Crippen molar-refractivity contribution in [2.45, 2.75) is 18.0 Å². The number of hydrogen-bond acceptors (Lipinski definition) is 6. The van der Waals surface area contributed by atoms with Crippen molar-refractivity contribution in [2.24, 2.45) is 11.8 Å². The van der Waals surface area contributed by atoms with Crippen molar-refractivity contribution < 1.29 is 23.5 Å². The number of fused-ring (bicyclic) bond motifs is 1. The summed E-state index contributed by atoms with van der Waals surface area (Å²) < 4.78 is 18.3. The molecule has 4 atom stereocenters. The van der Waals surface area contributed by atoms with Gasteiger partial charge >= 0.3 is 5.97 Å². The van der Waals surface area contributed by atoms with Gasteiger partial charge in [-0.1, -0.05) is 12.1 Å². The van der Waals surface area contributed by atoms with Gasteiger partial charge in [0.15, 0.2) is 0 Å². The van der Waals surface area contributed by atoms with Crippen molar-refractivity contribution in [1.29, 1.82) is 0 Å². The highest BCUT2D eigenvalue weighted by molar-refractivity contribution is 7.98. The maximum Gasteiger partial charge on any atom is 0.326 e. The Labute approximate surface area is 155 Å². The zero-order chi connectivity index (χ0) is 19.1. The van der Waals surface area contributed by atoms with Crippen molar-refractivity contribution in [1.82, 2.24) is 10.2 Å². The number of imide groups is 1. The number of rotatable bonds is 5. The molecule has 140 valence electrons. The fraction of sp³-hybridized carbons (Fsp3) is 0.500. The maximum absolute atomic E-state index is 13.3. The fourth-order valence-electron chi connectivity index (χ4n) is 4.07. The lowest BCUT2D eigenvalue weighted by Gasteiger charge is -2.32. The van der Waals surface area contributed by atoms with Gasteiger partial charge in [-0.05, 0) is 36.1 Å². The van der Waals surface area contributed by atoms with E-state index in [0.29, 0.717) is 17.7 Å². The normalized spacial score (nSPS) is 30.6. The molecule has 2 aliphatic heterocycles. The average Bonchev–Trinajstić information content (AvgIpc) is 3.10. The third-order valence-electron chi connectivity index (χ3n) is 5.35. The molecule has 3 rings (SSSR count). The molecule has 8 heteroatoms. The molecule has 2 aliphatic rings. The Morgan fingerprint density at radius 3 is 2.54 bits per heavy atom. The standard InChI is InChI=1S/C18H21FN2O4S/c1-21-15(22)12-13(16(21)23)18(8-9-26-3,17(24)25-2)20-14(12)10-4-6-11(19)7-5-10/h4-7,12-14,20H,8-9H2,1-3H3/t12-,13+,14-,18+/m0/s1. The minimum atomic E-state index is -1.28. The molecule has 1 N–H and O–H groups in total. The van der Waals surface area contributed by atoms with Crippen molar-refractivity contribution in [2.75, 3.05) is 26.2 Å². The van der Waals surface area contributed by atoms with E-state index >= 15 is 0 Å². The van der Waals surface area contributed by atoms with Crippen LogP contribution in [0.25, 0.3) is 0 Å². The average molecular weight is 380 g/mol. The monoisotopic (exact) mass is 380 g/mol. The summed E-state index contributed by atoms with van der Waals surface area (Å²) in [7, 11) is 2.71. The molecule has 0 aliphatic carbocycles. The molecular formula is C18H21FN2O4S. The summed E-state index contributed by atoms with van der Waals surface area (Å²) in [5, 5.41) is 3.23. The van der Waals surface area contributed by atoms with Crippen molar-refractivity contribution in [3.8, 4) is 0 Å². The lowest BCUT2D eigenvalue weighted by atomic mass is 9.78. The molecule has 0 bridgehead atoms. The van der Waals surface area contributed by atoms with Gasteiger partial charge in [-0.2, -0.15) is 11.8 Å². The number of carbonyl (C=O) groups is 3. The Hall–Kier alpha value is -1.93. The van der Waals surface area contributed by atoms with Crippen LogP contribution in [0.3, 0.4) is 0 Å². The van der Waals surface area contributed by atoms with Crippen LogP contribution in [0.2, 0.25) is 0 Å². The van der Waals surface area contributed by atoms with Gasteiger partial charge in [0.05, 0.1) is 18.9 Å². The van der Waals surface area contributed by atoms with Gasteiger partial charge in [0.25, 0.3) is 0 Å². The number of benzene rings is 1. The number of hydrogen-bond donors (Lipinski definition) is 1. The summed E-state index contributed by atoms with van der Waals surface area (Å²) in [6, 6.07) is 5.18.